The van der Waals surface area contributed by atoms with Gasteiger partial charge in [-0.25, -0.2) is 4.98 Å². The summed E-state index contributed by atoms with van der Waals surface area (Å²) in [7, 11) is 0. The largest absolute Gasteiger partial charge is 0.356 e. The van der Waals surface area contributed by atoms with Crippen LogP contribution in [0.15, 0.2) is 35.7 Å². The summed E-state index contributed by atoms with van der Waals surface area (Å²) in [5, 5.41) is 6.50. The van der Waals surface area contributed by atoms with Crippen molar-refractivity contribution in [1.29, 1.82) is 0 Å². The van der Waals surface area contributed by atoms with E-state index in [0.717, 1.165) is 43.3 Å². The lowest BCUT2D eigenvalue weighted by Crippen LogP contribution is -2.42. The second-order valence-corrected chi connectivity index (χ2v) is 8.75. The highest BCUT2D eigenvalue weighted by molar-refractivity contribution is 7.14. The third-order valence-electron chi connectivity index (χ3n) is 5.89. The highest BCUT2D eigenvalue weighted by Gasteiger charge is 2.25. The number of thiazole rings is 1. The Morgan fingerprint density at radius 2 is 1.93 bits per heavy atom. The molecular weight excluding hydrogens is 354 g/mol. The number of hydrogen-bond acceptors (Lipinski definition) is 4. The first-order valence-corrected chi connectivity index (χ1v) is 11.2. The van der Waals surface area contributed by atoms with Gasteiger partial charge in [0.1, 0.15) is 0 Å². The van der Waals surface area contributed by atoms with Crippen molar-refractivity contribution in [1.82, 2.24) is 10.3 Å². The van der Waals surface area contributed by atoms with Crippen molar-refractivity contribution < 1.29 is 4.79 Å². The van der Waals surface area contributed by atoms with E-state index in [4.69, 9.17) is 4.98 Å². The molecule has 1 N–H and O–H groups in total. The molecule has 4 rings (SSSR count). The highest BCUT2D eigenvalue weighted by Crippen LogP contribution is 2.30. The van der Waals surface area contributed by atoms with Gasteiger partial charge in [0.2, 0.25) is 5.91 Å². The molecule has 144 valence electrons. The minimum absolute atomic E-state index is 0.255. The SMILES string of the molecule is O=C(NCC1CCCN(c2nc(-c3ccccc3)cs2)C1)C1CCCCC1. The van der Waals surface area contributed by atoms with Crippen LogP contribution in [0.1, 0.15) is 44.9 Å². The van der Waals surface area contributed by atoms with E-state index >= 15 is 0 Å². The maximum absolute atomic E-state index is 12.4. The van der Waals surface area contributed by atoms with Crippen molar-refractivity contribution in [3.05, 3.63) is 35.7 Å². The van der Waals surface area contributed by atoms with Crippen LogP contribution in [0.4, 0.5) is 5.13 Å². The van der Waals surface area contributed by atoms with Crippen LogP contribution >= 0.6 is 11.3 Å². The smallest absolute Gasteiger partial charge is 0.223 e. The molecule has 0 radical (unpaired) electrons. The molecule has 1 unspecified atom stereocenters. The van der Waals surface area contributed by atoms with Crippen LogP contribution in [-0.2, 0) is 4.79 Å². The maximum Gasteiger partial charge on any atom is 0.223 e. The van der Waals surface area contributed by atoms with E-state index in [2.05, 4.69) is 39.9 Å². The van der Waals surface area contributed by atoms with Crippen molar-refractivity contribution in [2.75, 3.05) is 24.5 Å². The Bertz CT molecular complexity index is 739. The summed E-state index contributed by atoms with van der Waals surface area (Å²) in [6.07, 6.45) is 8.23. The second-order valence-electron chi connectivity index (χ2n) is 7.92. The van der Waals surface area contributed by atoms with E-state index in [1.807, 2.05) is 6.07 Å². The Morgan fingerprint density at radius 3 is 2.74 bits per heavy atom. The Labute approximate surface area is 166 Å². The fourth-order valence-corrected chi connectivity index (χ4v) is 5.18. The van der Waals surface area contributed by atoms with Crippen molar-refractivity contribution in [3.8, 4) is 11.3 Å². The quantitative estimate of drug-likeness (QED) is 0.812. The zero-order chi connectivity index (χ0) is 18.5. The lowest BCUT2D eigenvalue weighted by molar-refractivity contribution is -0.126. The molecule has 2 aliphatic rings. The molecule has 2 fully saturated rings. The zero-order valence-corrected chi connectivity index (χ0v) is 16.7. The van der Waals surface area contributed by atoms with Crippen LogP contribution < -0.4 is 10.2 Å². The number of amides is 1. The number of carbonyl (C=O) groups excluding carboxylic acids is 1. The van der Waals surface area contributed by atoms with Crippen molar-refractivity contribution in [2.45, 2.75) is 44.9 Å². The van der Waals surface area contributed by atoms with Crippen LogP contribution in [-0.4, -0.2) is 30.5 Å². The van der Waals surface area contributed by atoms with E-state index in [-0.39, 0.29) is 11.8 Å². The third-order valence-corrected chi connectivity index (χ3v) is 6.79. The van der Waals surface area contributed by atoms with Gasteiger partial charge < -0.3 is 10.2 Å². The number of rotatable bonds is 5. The Balaban J connectivity index is 1.32. The second kappa shape index (κ2) is 8.87. The number of anilines is 1. The number of benzene rings is 1. The molecule has 1 aromatic heterocycles. The maximum atomic E-state index is 12.4. The number of nitrogens with zero attached hydrogens (tertiary/aromatic N) is 2. The molecule has 27 heavy (non-hydrogen) atoms. The first-order chi connectivity index (χ1) is 13.3. The summed E-state index contributed by atoms with van der Waals surface area (Å²) in [5.74, 6) is 1.06. The van der Waals surface area contributed by atoms with E-state index < -0.39 is 0 Å². The van der Waals surface area contributed by atoms with Gasteiger partial charge in [0.25, 0.3) is 0 Å². The first-order valence-electron chi connectivity index (χ1n) is 10.3. The number of nitrogens with one attached hydrogen (secondary N) is 1. The molecule has 5 heteroatoms. The lowest BCUT2D eigenvalue weighted by atomic mass is 9.88. The third kappa shape index (κ3) is 4.70. The van der Waals surface area contributed by atoms with Gasteiger partial charge in [-0.2, -0.15) is 0 Å². The Hall–Kier alpha value is -1.88. The molecule has 1 aromatic carbocycles. The number of carbonyl (C=O) groups is 1. The predicted molar refractivity (Wildman–Crippen MR) is 112 cm³/mol. The summed E-state index contributed by atoms with van der Waals surface area (Å²) in [4.78, 5) is 19.7. The normalized spacial score (nSPS) is 21.2. The van der Waals surface area contributed by atoms with Gasteiger partial charge in [-0.3, -0.25) is 4.79 Å². The molecule has 1 aliphatic heterocycles. The summed E-state index contributed by atoms with van der Waals surface area (Å²) in [6.45, 7) is 2.87. The highest BCUT2D eigenvalue weighted by atomic mass is 32.1. The predicted octanol–water partition coefficient (Wildman–Crippen LogP) is 4.72. The zero-order valence-electron chi connectivity index (χ0n) is 15.9. The average Bonchev–Trinajstić information content (AvgIpc) is 3.24. The van der Waals surface area contributed by atoms with Gasteiger partial charge in [-0.15, -0.1) is 11.3 Å². The van der Waals surface area contributed by atoms with Crippen molar-refractivity contribution >= 4 is 22.4 Å². The number of piperidine rings is 1. The van der Waals surface area contributed by atoms with Gasteiger partial charge in [-0.1, -0.05) is 49.6 Å². The van der Waals surface area contributed by atoms with Gasteiger partial charge in [0, 0.05) is 36.5 Å². The Kier molecular flexibility index (Phi) is 6.07. The van der Waals surface area contributed by atoms with E-state index in [1.165, 1.54) is 37.7 Å². The number of hydrogen-bond donors (Lipinski definition) is 1. The minimum atomic E-state index is 0.255. The molecule has 2 heterocycles. The van der Waals surface area contributed by atoms with Crippen LogP contribution in [0.5, 0.6) is 0 Å². The van der Waals surface area contributed by atoms with E-state index in [1.54, 1.807) is 11.3 Å². The Morgan fingerprint density at radius 1 is 1.11 bits per heavy atom. The average molecular weight is 384 g/mol. The van der Waals surface area contributed by atoms with Gasteiger partial charge >= 0.3 is 0 Å². The topological polar surface area (TPSA) is 45.2 Å². The molecule has 0 spiro atoms. The monoisotopic (exact) mass is 383 g/mol. The fraction of sp³-hybridized carbons (Fsp3) is 0.545. The molecule has 1 aliphatic carbocycles. The fourth-order valence-electron chi connectivity index (χ4n) is 4.31. The summed E-state index contributed by atoms with van der Waals surface area (Å²) in [5.41, 5.74) is 2.23. The van der Waals surface area contributed by atoms with E-state index in [9.17, 15) is 4.79 Å². The molecule has 1 saturated carbocycles. The standard InChI is InChI=1S/C22H29N3OS/c26-21(19-11-5-2-6-12-19)23-14-17-8-7-13-25(15-17)22-24-20(16-27-22)18-9-3-1-4-10-18/h1,3-4,9-10,16-17,19H,2,5-8,11-15H2,(H,23,26). The molecule has 4 nitrogen and oxygen atoms in total. The lowest BCUT2D eigenvalue weighted by Gasteiger charge is -2.33. The first kappa shape index (κ1) is 18.5. The van der Waals surface area contributed by atoms with Crippen molar-refractivity contribution in [3.63, 3.8) is 0 Å². The van der Waals surface area contributed by atoms with Crippen molar-refractivity contribution in [2.24, 2.45) is 11.8 Å². The molecule has 2 aromatic rings. The summed E-state index contributed by atoms with van der Waals surface area (Å²) < 4.78 is 0. The van der Waals surface area contributed by atoms with Gasteiger partial charge in [0.15, 0.2) is 5.13 Å². The van der Waals surface area contributed by atoms with Crippen LogP contribution in [0.2, 0.25) is 0 Å². The molecule has 1 amide bonds. The molecule has 0 bridgehead atoms. The van der Waals surface area contributed by atoms with Crippen LogP contribution in [0.25, 0.3) is 11.3 Å². The van der Waals surface area contributed by atoms with Crippen LogP contribution in [0, 0.1) is 11.8 Å². The summed E-state index contributed by atoms with van der Waals surface area (Å²) >= 11 is 1.73. The van der Waals surface area contributed by atoms with Gasteiger partial charge in [0.05, 0.1) is 5.69 Å². The minimum Gasteiger partial charge on any atom is -0.356 e. The van der Waals surface area contributed by atoms with E-state index in [0.29, 0.717) is 5.92 Å². The molecular formula is C22H29N3OS. The molecule has 1 atom stereocenters. The molecule has 1 saturated heterocycles. The summed E-state index contributed by atoms with van der Waals surface area (Å²) in [6, 6.07) is 10.4. The number of aromatic nitrogens is 1. The van der Waals surface area contributed by atoms with Crippen LogP contribution in [0.3, 0.4) is 0 Å². The van der Waals surface area contributed by atoms with Gasteiger partial charge in [-0.05, 0) is 31.6 Å².